The zero-order chi connectivity index (χ0) is 12.7. The summed E-state index contributed by atoms with van der Waals surface area (Å²) >= 11 is 0. The summed E-state index contributed by atoms with van der Waals surface area (Å²) in [5, 5.41) is 0. The number of ether oxygens (including phenoxy) is 2. The molecule has 0 saturated heterocycles. The molecule has 0 aliphatic rings. The molecule has 0 spiro atoms. The average Bonchev–Trinajstić information content (AvgIpc) is 2.35. The summed E-state index contributed by atoms with van der Waals surface area (Å²) in [4.78, 5) is 0.203. The predicted octanol–water partition coefficient (Wildman–Crippen LogP) is 1.01. The Bertz CT molecular complexity index is 445. The Morgan fingerprint density at radius 1 is 1.29 bits per heavy atom. The summed E-state index contributed by atoms with van der Waals surface area (Å²) in [6.07, 6.45) is 0.639. The van der Waals surface area contributed by atoms with E-state index in [1.807, 2.05) is 0 Å². The third-order valence-electron chi connectivity index (χ3n) is 2.17. The van der Waals surface area contributed by atoms with E-state index in [0.29, 0.717) is 25.3 Å². The molecule has 0 aromatic heterocycles. The molecule has 6 heteroatoms. The Morgan fingerprint density at radius 2 is 2.06 bits per heavy atom. The molecule has 0 amide bonds. The molecule has 1 aromatic rings. The van der Waals surface area contributed by atoms with Crippen LogP contribution in [0.5, 0.6) is 5.75 Å². The van der Waals surface area contributed by atoms with Gasteiger partial charge in [-0.15, -0.1) is 0 Å². The molecule has 0 saturated carbocycles. The van der Waals surface area contributed by atoms with Gasteiger partial charge in [0.05, 0.1) is 12.0 Å². The van der Waals surface area contributed by atoms with Crippen LogP contribution in [-0.2, 0) is 14.8 Å². The lowest BCUT2D eigenvalue weighted by Gasteiger charge is -2.07. The highest BCUT2D eigenvalue weighted by Crippen LogP contribution is 2.16. The minimum atomic E-state index is -3.46. The maximum absolute atomic E-state index is 11.9. The molecule has 1 aromatic carbocycles. The van der Waals surface area contributed by atoms with E-state index < -0.39 is 10.0 Å². The van der Waals surface area contributed by atoms with Crippen molar-refractivity contribution in [3.05, 3.63) is 24.3 Å². The molecule has 0 bridgehead atoms. The minimum Gasteiger partial charge on any atom is -0.497 e. The van der Waals surface area contributed by atoms with Crippen LogP contribution >= 0.6 is 0 Å². The molecular formula is C11H17NO4S. The maximum Gasteiger partial charge on any atom is 0.240 e. The van der Waals surface area contributed by atoms with Crippen molar-refractivity contribution in [2.24, 2.45) is 0 Å². The second kappa shape index (κ2) is 6.58. The first-order chi connectivity index (χ1) is 8.10. The van der Waals surface area contributed by atoms with Gasteiger partial charge in [-0.3, -0.25) is 0 Å². The highest BCUT2D eigenvalue weighted by Gasteiger charge is 2.13. The lowest BCUT2D eigenvalue weighted by molar-refractivity contribution is 0.196. The van der Waals surface area contributed by atoms with E-state index in [0.717, 1.165) is 0 Å². The normalized spacial score (nSPS) is 11.4. The van der Waals surface area contributed by atoms with Gasteiger partial charge >= 0.3 is 0 Å². The van der Waals surface area contributed by atoms with Crippen molar-refractivity contribution in [1.82, 2.24) is 4.72 Å². The fraction of sp³-hybridized carbons (Fsp3) is 0.455. The molecule has 1 rings (SSSR count). The van der Waals surface area contributed by atoms with Gasteiger partial charge in [0.25, 0.3) is 0 Å². The highest BCUT2D eigenvalue weighted by molar-refractivity contribution is 7.89. The lowest BCUT2D eigenvalue weighted by Crippen LogP contribution is -2.25. The van der Waals surface area contributed by atoms with Crippen LogP contribution in [0.3, 0.4) is 0 Å². The fourth-order valence-electron chi connectivity index (χ4n) is 1.27. The second-order valence-electron chi connectivity index (χ2n) is 3.42. The molecule has 0 aliphatic carbocycles. The van der Waals surface area contributed by atoms with Crippen molar-refractivity contribution >= 4 is 10.0 Å². The molecule has 5 nitrogen and oxygen atoms in total. The quantitative estimate of drug-likeness (QED) is 0.742. The smallest absolute Gasteiger partial charge is 0.240 e. The fourth-order valence-corrected chi connectivity index (χ4v) is 2.38. The number of benzene rings is 1. The zero-order valence-electron chi connectivity index (χ0n) is 9.97. The first-order valence-corrected chi connectivity index (χ1v) is 6.71. The van der Waals surface area contributed by atoms with E-state index in [-0.39, 0.29) is 4.90 Å². The first-order valence-electron chi connectivity index (χ1n) is 5.23. The van der Waals surface area contributed by atoms with E-state index in [1.54, 1.807) is 19.2 Å². The van der Waals surface area contributed by atoms with Crippen LogP contribution in [-0.4, -0.2) is 35.8 Å². The van der Waals surface area contributed by atoms with Gasteiger partial charge in [-0.2, -0.15) is 0 Å². The molecule has 0 aliphatic heterocycles. The Morgan fingerprint density at radius 3 is 2.71 bits per heavy atom. The Labute approximate surface area is 102 Å². The summed E-state index contributed by atoms with van der Waals surface area (Å²) in [6.45, 7) is 0.883. The average molecular weight is 259 g/mol. The van der Waals surface area contributed by atoms with E-state index >= 15 is 0 Å². The Hall–Kier alpha value is -1.11. The molecule has 0 unspecified atom stereocenters. The van der Waals surface area contributed by atoms with Crippen molar-refractivity contribution in [2.75, 3.05) is 27.4 Å². The van der Waals surface area contributed by atoms with E-state index in [2.05, 4.69) is 4.72 Å². The van der Waals surface area contributed by atoms with Crippen LogP contribution in [0.1, 0.15) is 6.42 Å². The van der Waals surface area contributed by atoms with Crippen LogP contribution in [0, 0.1) is 0 Å². The molecular weight excluding hydrogens is 242 g/mol. The topological polar surface area (TPSA) is 64.6 Å². The first kappa shape index (κ1) is 14.0. The Balaban J connectivity index is 2.68. The van der Waals surface area contributed by atoms with Crippen molar-refractivity contribution in [3.8, 4) is 5.75 Å². The molecule has 0 heterocycles. The van der Waals surface area contributed by atoms with Gasteiger partial charge in [0.1, 0.15) is 5.75 Å². The third kappa shape index (κ3) is 4.33. The van der Waals surface area contributed by atoms with E-state index in [9.17, 15) is 8.42 Å². The lowest BCUT2D eigenvalue weighted by atomic mass is 10.3. The monoisotopic (exact) mass is 259 g/mol. The number of methoxy groups -OCH3 is 2. The molecule has 1 N–H and O–H groups in total. The number of hydrogen-bond acceptors (Lipinski definition) is 4. The van der Waals surface area contributed by atoms with Gasteiger partial charge in [-0.05, 0) is 18.6 Å². The van der Waals surface area contributed by atoms with Gasteiger partial charge in [-0.25, -0.2) is 13.1 Å². The summed E-state index contributed by atoms with van der Waals surface area (Å²) in [5.74, 6) is 0.518. The van der Waals surface area contributed by atoms with Crippen molar-refractivity contribution in [2.45, 2.75) is 11.3 Å². The molecule has 0 radical (unpaired) electrons. The molecule has 0 fully saturated rings. The molecule has 96 valence electrons. The summed E-state index contributed by atoms with van der Waals surface area (Å²) in [7, 11) is -0.381. The summed E-state index contributed by atoms with van der Waals surface area (Å²) in [5.41, 5.74) is 0. The second-order valence-corrected chi connectivity index (χ2v) is 5.19. The number of hydrogen-bond donors (Lipinski definition) is 1. The van der Waals surface area contributed by atoms with Crippen molar-refractivity contribution < 1.29 is 17.9 Å². The van der Waals surface area contributed by atoms with Gasteiger partial charge in [0, 0.05) is 26.3 Å². The predicted molar refractivity (Wildman–Crippen MR) is 64.7 cm³/mol. The Kier molecular flexibility index (Phi) is 5.40. The summed E-state index contributed by atoms with van der Waals surface area (Å²) < 4.78 is 36.0. The van der Waals surface area contributed by atoms with E-state index in [1.165, 1.54) is 19.2 Å². The van der Waals surface area contributed by atoms with Gasteiger partial charge in [-0.1, -0.05) is 6.07 Å². The van der Waals surface area contributed by atoms with E-state index in [4.69, 9.17) is 9.47 Å². The highest BCUT2D eigenvalue weighted by atomic mass is 32.2. The van der Waals surface area contributed by atoms with Crippen molar-refractivity contribution in [3.63, 3.8) is 0 Å². The van der Waals surface area contributed by atoms with Gasteiger partial charge < -0.3 is 9.47 Å². The van der Waals surface area contributed by atoms with Gasteiger partial charge in [0.15, 0.2) is 0 Å². The largest absolute Gasteiger partial charge is 0.497 e. The van der Waals surface area contributed by atoms with Crippen LogP contribution in [0.2, 0.25) is 0 Å². The molecule has 17 heavy (non-hydrogen) atoms. The maximum atomic E-state index is 11.9. The SMILES string of the molecule is COCCCNS(=O)(=O)c1cccc(OC)c1. The van der Waals surface area contributed by atoms with Crippen LogP contribution < -0.4 is 9.46 Å². The number of nitrogens with one attached hydrogen (secondary N) is 1. The van der Waals surface area contributed by atoms with Crippen LogP contribution in [0.15, 0.2) is 29.2 Å². The number of rotatable bonds is 7. The minimum absolute atomic E-state index is 0.203. The standard InChI is InChI=1S/C11H17NO4S/c1-15-8-4-7-12-17(13,14)11-6-3-5-10(9-11)16-2/h3,5-6,9,12H,4,7-8H2,1-2H3. The third-order valence-corrected chi connectivity index (χ3v) is 3.63. The van der Waals surface area contributed by atoms with Crippen molar-refractivity contribution in [1.29, 1.82) is 0 Å². The van der Waals surface area contributed by atoms with Gasteiger partial charge in [0.2, 0.25) is 10.0 Å². The van der Waals surface area contributed by atoms with Crippen LogP contribution in [0.25, 0.3) is 0 Å². The number of sulfonamides is 1. The van der Waals surface area contributed by atoms with Crippen LogP contribution in [0.4, 0.5) is 0 Å². The molecule has 0 atom stereocenters. The summed E-state index contributed by atoms with van der Waals surface area (Å²) in [6, 6.07) is 6.35. The zero-order valence-corrected chi connectivity index (χ0v) is 10.8.